The van der Waals surface area contributed by atoms with Crippen molar-refractivity contribution in [3.63, 3.8) is 0 Å². The molecule has 0 atom stereocenters. The Balaban J connectivity index is 2.18. The summed E-state index contributed by atoms with van der Waals surface area (Å²) in [7, 11) is 0. The van der Waals surface area contributed by atoms with Gasteiger partial charge >= 0.3 is 5.97 Å². The number of benzene rings is 1. The van der Waals surface area contributed by atoms with E-state index in [1.54, 1.807) is 19.2 Å². The molecule has 0 bridgehead atoms. The molecule has 100 valence electrons. The fraction of sp³-hybridized carbons (Fsp3) is 0.133. The summed E-state index contributed by atoms with van der Waals surface area (Å²) in [6, 6.07) is 11.4. The van der Waals surface area contributed by atoms with Gasteiger partial charge < -0.3 is 4.74 Å². The molecule has 2 heterocycles. The first-order valence-electron chi connectivity index (χ1n) is 6.36. The molecule has 0 aliphatic carbocycles. The van der Waals surface area contributed by atoms with Gasteiger partial charge in [0, 0.05) is 5.56 Å². The topological polar surface area (TPSA) is 67.9 Å². The quantitative estimate of drug-likeness (QED) is 0.741. The molecule has 3 aromatic rings. The van der Waals surface area contributed by atoms with Gasteiger partial charge in [-0.2, -0.15) is 5.10 Å². The highest BCUT2D eigenvalue weighted by Crippen LogP contribution is 2.24. The zero-order valence-corrected chi connectivity index (χ0v) is 11.0. The lowest BCUT2D eigenvalue weighted by Crippen LogP contribution is -2.06. The van der Waals surface area contributed by atoms with Crippen molar-refractivity contribution in [3.05, 3.63) is 48.2 Å². The normalized spacial score (nSPS) is 10.7. The molecule has 0 saturated heterocycles. The molecular weight excluding hydrogens is 254 g/mol. The van der Waals surface area contributed by atoms with Gasteiger partial charge in [-0.25, -0.2) is 9.78 Å². The number of fused-ring (bicyclic) bond motifs is 1. The zero-order chi connectivity index (χ0) is 13.9. The summed E-state index contributed by atoms with van der Waals surface area (Å²) < 4.78 is 5.09. The van der Waals surface area contributed by atoms with E-state index in [0.29, 0.717) is 28.9 Å². The van der Waals surface area contributed by atoms with Crippen LogP contribution in [0.2, 0.25) is 0 Å². The van der Waals surface area contributed by atoms with Crippen LogP contribution < -0.4 is 0 Å². The van der Waals surface area contributed by atoms with Crippen molar-refractivity contribution in [2.45, 2.75) is 6.92 Å². The summed E-state index contributed by atoms with van der Waals surface area (Å²) in [5.74, 6) is -0.363. The van der Waals surface area contributed by atoms with Crippen molar-refractivity contribution in [1.82, 2.24) is 15.2 Å². The molecule has 0 aliphatic heterocycles. The van der Waals surface area contributed by atoms with E-state index >= 15 is 0 Å². The van der Waals surface area contributed by atoms with Crippen molar-refractivity contribution >= 4 is 17.0 Å². The van der Waals surface area contributed by atoms with Crippen LogP contribution in [0.15, 0.2) is 42.6 Å². The van der Waals surface area contributed by atoms with Crippen LogP contribution in [0, 0.1) is 0 Å². The van der Waals surface area contributed by atoms with E-state index in [-0.39, 0.29) is 5.97 Å². The lowest BCUT2D eigenvalue weighted by atomic mass is 10.1. The fourth-order valence-corrected chi connectivity index (χ4v) is 2.06. The number of nitrogens with zero attached hydrogens (tertiary/aromatic N) is 2. The van der Waals surface area contributed by atoms with Crippen molar-refractivity contribution in [1.29, 1.82) is 0 Å². The van der Waals surface area contributed by atoms with E-state index in [2.05, 4.69) is 15.2 Å². The number of aromatic nitrogens is 3. The predicted octanol–water partition coefficient (Wildman–Crippen LogP) is 2.80. The van der Waals surface area contributed by atoms with Gasteiger partial charge in [-0.3, -0.25) is 5.10 Å². The van der Waals surface area contributed by atoms with Crippen LogP contribution in [-0.4, -0.2) is 27.8 Å². The molecule has 1 N–H and O–H groups in total. The number of aromatic amines is 1. The van der Waals surface area contributed by atoms with Gasteiger partial charge in [-0.1, -0.05) is 30.3 Å². The van der Waals surface area contributed by atoms with Crippen molar-refractivity contribution in [2.75, 3.05) is 6.61 Å². The van der Waals surface area contributed by atoms with E-state index in [4.69, 9.17) is 4.74 Å². The van der Waals surface area contributed by atoms with E-state index in [9.17, 15) is 4.79 Å². The monoisotopic (exact) mass is 267 g/mol. The second-order valence-electron chi connectivity index (χ2n) is 4.27. The van der Waals surface area contributed by atoms with Gasteiger partial charge in [0.05, 0.1) is 29.4 Å². The van der Waals surface area contributed by atoms with E-state index in [1.807, 2.05) is 30.3 Å². The highest BCUT2D eigenvalue weighted by molar-refractivity contribution is 6.03. The fourth-order valence-electron chi connectivity index (χ4n) is 2.06. The van der Waals surface area contributed by atoms with E-state index in [0.717, 1.165) is 5.56 Å². The van der Waals surface area contributed by atoms with Crippen LogP contribution in [-0.2, 0) is 4.74 Å². The maximum absolute atomic E-state index is 12.0. The number of rotatable bonds is 3. The molecule has 2 aromatic heterocycles. The minimum absolute atomic E-state index is 0.334. The Morgan fingerprint density at radius 1 is 1.30 bits per heavy atom. The minimum atomic E-state index is -0.363. The Labute approximate surface area is 115 Å². The second-order valence-corrected chi connectivity index (χ2v) is 4.27. The molecule has 0 radical (unpaired) electrons. The highest BCUT2D eigenvalue weighted by atomic mass is 16.5. The molecule has 0 amide bonds. The smallest absolute Gasteiger partial charge is 0.339 e. The highest BCUT2D eigenvalue weighted by Gasteiger charge is 2.15. The Bertz CT molecular complexity index is 750. The number of hydrogen-bond acceptors (Lipinski definition) is 4. The lowest BCUT2D eigenvalue weighted by molar-refractivity contribution is 0.0528. The number of esters is 1. The number of hydrogen-bond donors (Lipinski definition) is 1. The van der Waals surface area contributed by atoms with Crippen molar-refractivity contribution < 1.29 is 9.53 Å². The summed E-state index contributed by atoms with van der Waals surface area (Å²) in [4.78, 5) is 16.5. The van der Waals surface area contributed by atoms with Gasteiger partial charge in [0.25, 0.3) is 0 Å². The number of pyridine rings is 1. The molecule has 0 unspecified atom stereocenters. The van der Waals surface area contributed by atoms with Crippen LogP contribution in [0.3, 0.4) is 0 Å². The third-order valence-electron chi connectivity index (χ3n) is 2.99. The third-order valence-corrected chi connectivity index (χ3v) is 2.99. The molecule has 0 spiro atoms. The summed E-state index contributed by atoms with van der Waals surface area (Å²) in [5.41, 5.74) is 2.71. The first kappa shape index (κ1) is 12.3. The third kappa shape index (κ3) is 2.14. The van der Waals surface area contributed by atoms with Crippen LogP contribution in [0.4, 0.5) is 0 Å². The van der Waals surface area contributed by atoms with E-state index < -0.39 is 0 Å². The maximum Gasteiger partial charge on any atom is 0.339 e. The van der Waals surface area contributed by atoms with Crippen LogP contribution in [0.25, 0.3) is 22.3 Å². The van der Waals surface area contributed by atoms with E-state index in [1.165, 1.54) is 0 Å². The Morgan fingerprint density at radius 3 is 2.85 bits per heavy atom. The zero-order valence-electron chi connectivity index (χ0n) is 11.0. The molecule has 3 rings (SSSR count). The second kappa shape index (κ2) is 5.13. The van der Waals surface area contributed by atoms with Crippen molar-refractivity contribution in [2.24, 2.45) is 0 Å². The first-order chi connectivity index (χ1) is 9.79. The summed E-state index contributed by atoms with van der Waals surface area (Å²) >= 11 is 0. The number of carbonyl (C=O) groups is 1. The SMILES string of the molecule is CCOC(=O)c1cc(-c2ccccc2)nc2[nH]ncc12. The summed E-state index contributed by atoms with van der Waals surface area (Å²) in [6.45, 7) is 2.12. The van der Waals surface area contributed by atoms with Crippen LogP contribution in [0.1, 0.15) is 17.3 Å². The first-order valence-corrected chi connectivity index (χ1v) is 6.36. The predicted molar refractivity (Wildman–Crippen MR) is 75.3 cm³/mol. The molecule has 0 aliphatic rings. The molecule has 0 fully saturated rings. The molecule has 0 saturated carbocycles. The average Bonchev–Trinajstić information content (AvgIpc) is 2.95. The maximum atomic E-state index is 12.0. The van der Waals surface area contributed by atoms with Gasteiger partial charge in [0.1, 0.15) is 0 Å². The van der Waals surface area contributed by atoms with Crippen LogP contribution in [0.5, 0.6) is 0 Å². The Kier molecular flexibility index (Phi) is 3.16. The van der Waals surface area contributed by atoms with Crippen molar-refractivity contribution in [3.8, 4) is 11.3 Å². The number of nitrogens with one attached hydrogen (secondary N) is 1. The molecule has 5 heteroatoms. The number of H-pyrrole nitrogens is 1. The molecule has 20 heavy (non-hydrogen) atoms. The minimum Gasteiger partial charge on any atom is -0.462 e. The molecular formula is C15H13N3O2. The van der Waals surface area contributed by atoms with Gasteiger partial charge in [-0.05, 0) is 13.0 Å². The van der Waals surface area contributed by atoms with Gasteiger partial charge in [-0.15, -0.1) is 0 Å². The lowest BCUT2D eigenvalue weighted by Gasteiger charge is -2.06. The molecule has 1 aromatic carbocycles. The van der Waals surface area contributed by atoms with Crippen LogP contribution >= 0.6 is 0 Å². The standard InChI is InChI=1S/C15H13N3O2/c1-2-20-15(19)11-8-13(10-6-4-3-5-7-10)17-14-12(11)9-16-18-14/h3-9H,2H2,1H3,(H,16,17,18). The number of carbonyl (C=O) groups excluding carboxylic acids is 1. The largest absolute Gasteiger partial charge is 0.462 e. The summed E-state index contributed by atoms with van der Waals surface area (Å²) in [6.07, 6.45) is 1.59. The summed E-state index contributed by atoms with van der Waals surface area (Å²) in [5, 5.41) is 7.41. The van der Waals surface area contributed by atoms with Gasteiger partial charge in [0.15, 0.2) is 5.65 Å². The number of ether oxygens (including phenoxy) is 1. The average molecular weight is 267 g/mol. The Hall–Kier alpha value is -2.69. The Morgan fingerprint density at radius 2 is 2.10 bits per heavy atom. The van der Waals surface area contributed by atoms with Gasteiger partial charge in [0.2, 0.25) is 0 Å². The molecule has 5 nitrogen and oxygen atoms in total.